The van der Waals surface area contributed by atoms with Crippen LogP contribution < -0.4 is 11.1 Å². The second-order valence-corrected chi connectivity index (χ2v) is 4.25. The van der Waals surface area contributed by atoms with Crippen LogP contribution in [0.3, 0.4) is 0 Å². The van der Waals surface area contributed by atoms with Crippen molar-refractivity contribution in [3.05, 3.63) is 35.9 Å². The van der Waals surface area contributed by atoms with Gasteiger partial charge in [0.1, 0.15) is 6.04 Å². The van der Waals surface area contributed by atoms with Gasteiger partial charge in [-0.15, -0.1) is 0 Å². The predicted molar refractivity (Wildman–Crippen MR) is 64.5 cm³/mol. The first kappa shape index (κ1) is 12.4. The number of hydrogen-bond acceptors (Lipinski definition) is 3. The highest BCUT2D eigenvalue weighted by molar-refractivity contribution is 5.88. The lowest BCUT2D eigenvalue weighted by atomic mass is 10.0. The topological polar surface area (TPSA) is 95.7 Å². The maximum atomic E-state index is 12.2. The smallest absolute Gasteiger partial charge is 0.313 e. The fourth-order valence-corrected chi connectivity index (χ4v) is 1.89. The summed E-state index contributed by atoms with van der Waals surface area (Å²) in [5, 5.41) is 11.6. The van der Waals surface area contributed by atoms with Crippen molar-refractivity contribution >= 4 is 11.9 Å². The summed E-state index contributed by atoms with van der Waals surface area (Å²) in [7, 11) is 0. The molecular formula is C12H15N3O3. The Balaban J connectivity index is 2.15. The zero-order valence-corrected chi connectivity index (χ0v) is 9.74. The molecule has 0 saturated carbocycles. The summed E-state index contributed by atoms with van der Waals surface area (Å²) in [6.45, 7) is 0.589. The summed E-state index contributed by atoms with van der Waals surface area (Å²) < 4.78 is 0. The van der Waals surface area contributed by atoms with Gasteiger partial charge in [-0.2, -0.15) is 0 Å². The number of carbonyl (C=O) groups is 2. The van der Waals surface area contributed by atoms with E-state index in [0.717, 1.165) is 0 Å². The quantitative estimate of drug-likeness (QED) is 0.680. The van der Waals surface area contributed by atoms with E-state index in [2.05, 4.69) is 5.32 Å². The van der Waals surface area contributed by atoms with Gasteiger partial charge in [0, 0.05) is 13.1 Å². The number of hydrogen-bond donors (Lipinski definition) is 3. The minimum absolute atomic E-state index is 0.259. The van der Waals surface area contributed by atoms with E-state index in [9.17, 15) is 14.7 Å². The lowest BCUT2D eigenvalue weighted by Crippen LogP contribution is -2.57. The van der Waals surface area contributed by atoms with Crippen LogP contribution in [0.25, 0.3) is 0 Å². The Hall–Kier alpha value is -2.08. The fraction of sp³-hybridized carbons (Fsp3) is 0.333. The number of primary amides is 1. The monoisotopic (exact) mass is 249 g/mol. The Morgan fingerprint density at radius 1 is 1.33 bits per heavy atom. The molecular weight excluding hydrogens is 234 g/mol. The number of β-amino-alcohol motifs (C(OH)–C–C–N with tert-alkyl or cyclic N) is 1. The number of aliphatic hydroxyl groups excluding tert-OH is 1. The summed E-state index contributed by atoms with van der Waals surface area (Å²) in [5.41, 5.74) is 5.75. The highest BCUT2D eigenvalue weighted by atomic mass is 16.3. The van der Waals surface area contributed by atoms with Crippen molar-refractivity contribution in [2.45, 2.75) is 12.1 Å². The molecule has 0 spiro atoms. The molecule has 6 nitrogen and oxygen atoms in total. The van der Waals surface area contributed by atoms with Gasteiger partial charge in [-0.3, -0.25) is 4.79 Å². The average Bonchev–Trinajstić information content (AvgIpc) is 2.32. The maximum Gasteiger partial charge on any atom is 0.313 e. The van der Waals surface area contributed by atoms with E-state index in [1.807, 2.05) is 6.07 Å². The molecule has 18 heavy (non-hydrogen) atoms. The zero-order valence-electron chi connectivity index (χ0n) is 9.74. The molecule has 1 aromatic rings. The van der Waals surface area contributed by atoms with Crippen molar-refractivity contribution in [3.8, 4) is 0 Å². The van der Waals surface area contributed by atoms with Crippen molar-refractivity contribution in [2.24, 2.45) is 5.73 Å². The van der Waals surface area contributed by atoms with E-state index >= 15 is 0 Å². The number of nitrogens with zero attached hydrogens (tertiary/aromatic N) is 1. The van der Waals surface area contributed by atoms with Gasteiger partial charge < -0.3 is 21.1 Å². The number of likely N-dealkylation sites (tertiary alicyclic amines) is 1. The number of aliphatic hydroxyl groups is 1. The van der Waals surface area contributed by atoms with E-state index < -0.39 is 18.2 Å². The highest BCUT2D eigenvalue weighted by Crippen LogP contribution is 2.19. The standard InChI is InChI=1S/C12H15N3O3/c13-12(18)14-10(8-4-2-1-3-5-8)11(17)15-6-9(16)7-15/h1-5,9-10,16H,6-7H2,(H3,13,14,18). The first-order valence-electron chi connectivity index (χ1n) is 5.65. The molecule has 1 heterocycles. The molecule has 3 amide bonds. The Morgan fingerprint density at radius 3 is 2.44 bits per heavy atom. The lowest BCUT2D eigenvalue weighted by molar-refractivity contribution is -0.143. The number of nitrogens with two attached hydrogens (primary N) is 1. The minimum Gasteiger partial charge on any atom is -0.389 e. The van der Waals surface area contributed by atoms with Crippen molar-refractivity contribution in [3.63, 3.8) is 0 Å². The number of rotatable bonds is 3. The molecule has 0 bridgehead atoms. The van der Waals surface area contributed by atoms with E-state index in [1.165, 1.54) is 4.90 Å². The summed E-state index contributed by atoms with van der Waals surface area (Å²) in [5.74, 6) is -0.259. The molecule has 0 radical (unpaired) electrons. The number of nitrogens with one attached hydrogen (secondary N) is 1. The van der Waals surface area contributed by atoms with Gasteiger partial charge in [-0.1, -0.05) is 30.3 Å². The molecule has 4 N–H and O–H groups in total. The van der Waals surface area contributed by atoms with Gasteiger partial charge in [-0.25, -0.2) is 4.79 Å². The van der Waals surface area contributed by atoms with Gasteiger partial charge in [0.15, 0.2) is 0 Å². The van der Waals surface area contributed by atoms with E-state index in [4.69, 9.17) is 5.73 Å². The third-order valence-corrected chi connectivity index (χ3v) is 2.84. The van der Waals surface area contributed by atoms with Gasteiger partial charge in [0.05, 0.1) is 6.10 Å². The van der Waals surface area contributed by atoms with Crippen LogP contribution in [0.15, 0.2) is 30.3 Å². The Labute approximate surface area is 104 Å². The van der Waals surface area contributed by atoms with Gasteiger partial charge in [-0.05, 0) is 5.56 Å². The van der Waals surface area contributed by atoms with Crippen molar-refractivity contribution in [1.82, 2.24) is 10.2 Å². The third kappa shape index (κ3) is 2.60. The van der Waals surface area contributed by atoms with Gasteiger partial charge >= 0.3 is 6.03 Å². The summed E-state index contributed by atoms with van der Waals surface area (Å²) in [6.07, 6.45) is -0.473. The molecule has 0 aromatic heterocycles. The molecule has 1 atom stereocenters. The first-order valence-corrected chi connectivity index (χ1v) is 5.65. The molecule has 0 aliphatic carbocycles. The summed E-state index contributed by atoms with van der Waals surface area (Å²) >= 11 is 0. The van der Waals surface area contributed by atoms with Gasteiger partial charge in [0.25, 0.3) is 0 Å². The van der Waals surface area contributed by atoms with Crippen LogP contribution in [0.1, 0.15) is 11.6 Å². The zero-order chi connectivity index (χ0) is 13.1. The van der Waals surface area contributed by atoms with Crippen LogP contribution >= 0.6 is 0 Å². The molecule has 1 unspecified atom stereocenters. The summed E-state index contributed by atoms with van der Waals surface area (Å²) in [4.78, 5) is 24.6. The van der Waals surface area contributed by atoms with Crippen molar-refractivity contribution in [2.75, 3.05) is 13.1 Å². The maximum absolute atomic E-state index is 12.2. The number of carbonyl (C=O) groups excluding carboxylic acids is 2. The molecule has 1 saturated heterocycles. The molecule has 1 aliphatic heterocycles. The van der Waals surface area contributed by atoms with Crippen LogP contribution in [0.2, 0.25) is 0 Å². The average molecular weight is 249 g/mol. The highest BCUT2D eigenvalue weighted by Gasteiger charge is 2.34. The summed E-state index contributed by atoms with van der Waals surface area (Å²) in [6, 6.07) is 7.33. The van der Waals surface area contributed by atoms with Gasteiger partial charge in [0.2, 0.25) is 5.91 Å². The molecule has 96 valence electrons. The Morgan fingerprint density at radius 2 is 1.94 bits per heavy atom. The lowest BCUT2D eigenvalue weighted by Gasteiger charge is -2.38. The molecule has 1 aromatic carbocycles. The van der Waals surface area contributed by atoms with Crippen molar-refractivity contribution < 1.29 is 14.7 Å². The minimum atomic E-state index is -0.795. The molecule has 2 rings (SSSR count). The van der Waals surface area contributed by atoms with E-state index in [1.54, 1.807) is 24.3 Å². The van der Waals surface area contributed by atoms with Crippen LogP contribution in [-0.4, -0.2) is 41.1 Å². The van der Waals surface area contributed by atoms with E-state index in [-0.39, 0.29) is 5.91 Å². The van der Waals surface area contributed by atoms with Crippen LogP contribution in [-0.2, 0) is 4.79 Å². The van der Waals surface area contributed by atoms with Crippen LogP contribution in [0, 0.1) is 0 Å². The normalized spacial score (nSPS) is 16.8. The molecule has 1 fully saturated rings. The Kier molecular flexibility index (Phi) is 3.47. The molecule has 1 aliphatic rings. The number of urea groups is 1. The van der Waals surface area contributed by atoms with Crippen molar-refractivity contribution in [1.29, 1.82) is 0 Å². The predicted octanol–water partition coefficient (Wildman–Crippen LogP) is -0.401. The SMILES string of the molecule is NC(=O)NC(C(=O)N1CC(O)C1)c1ccccc1. The second kappa shape index (κ2) is 5.05. The van der Waals surface area contributed by atoms with Crippen LogP contribution in [0.5, 0.6) is 0 Å². The second-order valence-electron chi connectivity index (χ2n) is 4.25. The number of benzene rings is 1. The first-order chi connectivity index (χ1) is 8.58. The number of amides is 3. The largest absolute Gasteiger partial charge is 0.389 e. The van der Waals surface area contributed by atoms with E-state index in [0.29, 0.717) is 18.7 Å². The van der Waals surface area contributed by atoms with Crippen LogP contribution in [0.4, 0.5) is 4.79 Å². The third-order valence-electron chi connectivity index (χ3n) is 2.84. The molecule has 6 heteroatoms. The Bertz CT molecular complexity index is 443. The fourth-order valence-electron chi connectivity index (χ4n) is 1.89.